The molecule has 4 amide bonds. The Labute approximate surface area is 227 Å². The highest BCUT2D eigenvalue weighted by atomic mass is 16.4. The Morgan fingerprint density at radius 3 is 2.15 bits per heavy atom. The number of para-hydroxylation sites is 1. The molecule has 0 aliphatic heterocycles. The van der Waals surface area contributed by atoms with Crippen LogP contribution in [0.1, 0.15) is 52.5 Å². The van der Waals surface area contributed by atoms with Gasteiger partial charge in [-0.25, -0.2) is 4.79 Å². The van der Waals surface area contributed by atoms with E-state index in [1.807, 2.05) is 45.0 Å². The topological polar surface area (TPSA) is 210 Å². The van der Waals surface area contributed by atoms with Crippen molar-refractivity contribution >= 4 is 40.5 Å². The molecule has 2 rings (SSSR count). The van der Waals surface area contributed by atoms with E-state index in [1.165, 1.54) is 0 Å². The van der Waals surface area contributed by atoms with E-state index in [0.29, 0.717) is 6.42 Å². The number of aromatic amines is 1. The molecule has 5 atom stereocenters. The van der Waals surface area contributed by atoms with E-state index in [1.54, 1.807) is 13.1 Å². The second-order valence-corrected chi connectivity index (χ2v) is 10.3. The van der Waals surface area contributed by atoms with Crippen LogP contribution in [0.4, 0.5) is 0 Å². The summed E-state index contributed by atoms with van der Waals surface area (Å²) in [7, 11) is 0. The average molecular weight is 545 g/mol. The van der Waals surface area contributed by atoms with Crippen LogP contribution in [0.15, 0.2) is 30.5 Å². The molecular formula is C27H40N6O6. The third kappa shape index (κ3) is 9.10. The van der Waals surface area contributed by atoms with Gasteiger partial charge < -0.3 is 37.5 Å². The number of nitrogens with two attached hydrogens (primary N) is 2. The molecule has 2 aromatic rings. The molecule has 0 saturated carbocycles. The van der Waals surface area contributed by atoms with Crippen molar-refractivity contribution in [2.24, 2.45) is 23.3 Å². The quantitative estimate of drug-likeness (QED) is 0.169. The number of amides is 4. The lowest BCUT2D eigenvalue weighted by Gasteiger charge is -2.27. The molecule has 0 radical (unpaired) electrons. The monoisotopic (exact) mass is 544 g/mol. The number of hydrogen-bond acceptors (Lipinski definition) is 6. The van der Waals surface area contributed by atoms with E-state index in [4.69, 9.17) is 11.5 Å². The molecule has 0 spiro atoms. The van der Waals surface area contributed by atoms with Gasteiger partial charge in [-0.15, -0.1) is 0 Å². The zero-order valence-corrected chi connectivity index (χ0v) is 22.8. The zero-order valence-electron chi connectivity index (χ0n) is 22.8. The minimum absolute atomic E-state index is 0.0175. The first-order chi connectivity index (χ1) is 18.3. The summed E-state index contributed by atoms with van der Waals surface area (Å²) in [6, 6.07) is 2.87. The van der Waals surface area contributed by atoms with Crippen molar-refractivity contribution in [3.05, 3.63) is 36.0 Å². The fourth-order valence-electron chi connectivity index (χ4n) is 4.23. The van der Waals surface area contributed by atoms with Crippen LogP contribution in [0.25, 0.3) is 10.9 Å². The Bertz CT molecular complexity index is 1180. The Morgan fingerprint density at radius 1 is 0.949 bits per heavy atom. The summed E-state index contributed by atoms with van der Waals surface area (Å²) in [4.78, 5) is 65.5. The Kier molecular flexibility index (Phi) is 11.5. The molecule has 214 valence electrons. The molecule has 39 heavy (non-hydrogen) atoms. The highest BCUT2D eigenvalue weighted by molar-refractivity contribution is 5.95. The maximum atomic E-state index is 13.4. The Balaban J connectivity index is 2.34. The number of aliphatic carboxylic acids is 1. The van der Waals surface area contributed by atoms with Gasteiger partial charge in [0.15, 0.2) is 0 Å². The first-order valence-electron chi connectivity index (χ1n) is 13.1. The van der Waals surface area contributed by atoms with Crippen molar-refractivity contribution in [3.63, 3.8) is 0 Å². The average Bonchev–Trinajstić information content (AvgIpc) is 3.27. The highest BCUT2D eigenvalue weighted by Gasteiger charge is 2.33. The van der Waals surface area contributed by atoms with Gasteiger partial charge in [0.05, 0.1) is 12.5 Å². The van der Waals surface area contributed by atoms with Crippen molar-refractivity contribution in [1.82, 2.24) is 20.9 Å². The fraction of sp³-hybridized carbons (Fsp3) is 0.519. The number of carbonyl (C=O) groups is 5. The van der Waals surface area contributed by atoms with Gasteiger partial charge in [-0.1, -0.05) is 52.3 Å². The number of benzene rings is 1. The highest BCUT2D eigenvalue weighted by Crippen LogP contribution is 2.20. The van der Waals surface area contributed by atoms with Crippen molar-refractivity contribution in [3.8, 4) is 0 Å². The smallest absolute Gasteiger partial charge is 0.326 e. The molecular weight excluding hydrogens is 504 g/mol. The summed E-state index contributed by atoms with van der Waals surface area (Å²) in [5, 5.41) is 18.4. The third-order valence-corrected chi connectivity index (χ3v) is 6.61. The molecule has 0 saturated heterocycles. The largest absolute Gasteiger partial charge is 0.480 e. The molecule has 9 N–H and O–H groups in total. The molecule has 1 heterocycles. The van der Waals surface area contributed by atoms with Crippen LogP contribution in [0.3, 0.4) is 0 Å². The number of nitrogens with one attached hydrogen (secondary N) is 4. The molecule has 1 aromatic carbocycles. The summed E-state index contributed by atoms with van der Waals surface area (Å²) in [6.45, 7) is 7.25. The number of carboxylic acids is 1. The SMILES string of the molecule is CCC(C)C(NC(=O)C(Cc1c[nH]c2ccccc12)NC(=O)C(CC(C)C)NC(=O)C(N)CC(N)=O)C(=O)O. The summed E-state index contributed by atoms with van der Waals surface area (Å²) in [5.41, 5.74) is 12.5. The molecule has 5 unspecified atom stereocenters. The lowest BCUT2D eigenvalue weighted by molar-refractivity contribution is -0.143. The van der Waals surface area contributed by atoms with Crippen LogP contribution in [0.2, 0.25) is 0 Å². The van der Waals surface area contributed by atoms with Crippen molar-refractivity contribution in [2.75, 3.05) is 0 Å². The van der Waals surface area contributed by atoms with Gasteiger partial charge in [0.1, 0.15) is 18.1 Å². The number of primary amides is 1. The number of fused-ring (bicyclic) bond motifs is 1. The summed E-state index contributed by atoms with van der Waals surface area (Å²) < 4.78 is 0. The number of carboxylic acid groups (broad SMARTS) is 1. The van der Waals surface area contributed by atoms with Gasteiger partial charge in [0, 0.05) is 23.5 Å². The van der Waals surface area contributed by atoms with Crippen LogP contribution >= 0.6 is 0 Å². The van der Waals surface area contributed by atoms with Crippen LogP contribution in [-0.2, 0) is 30.4 Å². The number of carbonyl (C=O) groups excluding carboxylic acids is 4. The summed E-state index contributed by atoms with van der Waals surface area (Å²) in [5.74, 6) is -4.34. The maximum Gasteiger partial charge on any atom is 0.326 e. The zero-order chi connectivity index (χ0) is 29.3. The molecule has 0 aliphatic rings. The first kappa shape index (κ1) is 31.3. The van der Waals surface area contributed by atoms with E-state index in [-0.39, 0.29) is 31.1 Å². The minimum Gasteiger partial charge on any atom is -0.480 e. The van der Waals surface area contributed by atoms with E-state index in [2.05, 4.69) is 20.9 Å². The van der Waals surface area contributed by atoms with Crippen LogP contribution in [0, 0.1) is 11.8 Å². The number of hydrogen-bond donors (Lipinski definition) is 7. The summed E-state index contributed by atoms with van der Waals surface area (Å²) >= 11 is 0. The van der Waals surface area contributed by atoms with Gasteiger partial charge in [-0.2, -0.15) is 0 Å². The lowest BCUT2D eigenvalue weighted by atomic mass is 9.97. The standard InChI is InChI=1S/C27H40N6O6/c1-5-15(4)23(27(38)39)33-26(37)21(11-16-13-30-19-9-7-6-8-17(16)19)32-25(36)20(10-14(2)3)31-24(35)18(28)12-22(29)34/h6-9,13-15,18,20-21,23,30H,5,10-12,28H2,1-4H3,(H2,29,34)(H,31,35)(H,32,36)(H,33,37)(H,38,39). The van der Waals surface area contributed by atoms with Gasteiger partial charge in [-0.05, 0) is 29.9 Å². The van der Waals surface area contributed by atoms with Gasteiger partial charge in [-0.3, -0.25) is 19.2 Å². The first-order valence-corrected chi connectivity index (χ1v) is 13.1. The second kappa shape index (κ2) is 14.3. The normalized spacial score (nSPS) is 15.1. The van der Waals surface area contributed by atoms with Gasteiger partial charge >= 0.3 is 5.97 Å². The second-order valence-electron chi connectivity index (χ2n) is 10.3. The molecule has 0 bridgehead atoms. The van der Waals surface area contributed by atoms with Crippen molar-refractivity contribution in [2.45, 2.75) is 77.5 Å². The molecule has 12 heteroatoms. The van der Waals surface area contributed by atoms with Crippen LogP contribution < -0.4 is 27.4 Å². The summed E-state index contributed by atoms with van der Waals surface area (Å²) in [6.07, 6.45) is 2.16. The van der Waals surface area contributed by atoms with Crippen LogP contribution in [-0.4, -0.2) is 63.9 Å². The third-order valence-electron chi connectivity index (χ3n) is 6.61. The van der Waals surface area contributed by atoms with Crippen molar-refractivity contribution in [1.29, 1.82) is 0 Å². The van der Waals surface area contributed by atoms with Gasteiger partial charge in [0.25, 0.3) is 0 Å². The fourth-order valence-corrected chi connectivity index (χ4v) is 4.23. The van der Waals surface area contributed by atoms with Crippen LogP contribution in [0.5, 0.6) is 0 Å². The minimum atomic E-state index is -1.23. The Hall–Kier alpha value is -3.93. The van der Waals surface area contributed by atoms with Gasteiger partial charge in [0.2, 0.25) is 23.6 Å². The Morgan fingerprint density at radius 2 is 1.56 bits per heavy atom. The molecule has 0 aliphatic carbocycles. The predicted octanol–water partition coefficient (Wildman–Crippen LogP) is 0.544. The van der Waals surface area contributed by atoms with E-state index >= 15 is 0 Å². The van der Waals surface area contributed by atoms with Crippen molar-refractivity contribution < 1.29 is 29.1 Å². The lowest BCUT2D eigenvalue weighted by Crippen LogP contribution is -2.58. The van der Waals surface area contributed by atoms with E-state index in [9.17, 15) is 29.1 Å². The van der Waals surface area contributed by atoms with E-state index < -0.39 is 53.8 Å². The van der Waals surface area contributed by atoms with E-state index in [0.717, 1.165) is 16.5 Å². The maximum absolute atomic E-state index is 13.4. The number of rotatable bonds is 15. The molecule has 12 nitrogen and oxygen atoms in total. The number of aromatic nitrogens is 1. The predicted molar refractivity (Wildman–Crippen MR) is 146 cm³/mol. The number of H-pyrrole nitrogens is 1. The molecule has 0 fully saturated rings. The molecule has 1 aromatic heterocycles.